The van der Waals surface area contributed by atoms with Crippen molar-refractivity contribution in [1.82, 2.24) is 4.90 Å². The topological polar surface area (TPSA) is 95.9 Å². The second-order valence-electron chi connectivity index (χ2n) is 6.08. The summed E-state index contributed by atoms with van der Waals surface area (Å²) in [6.45, 7) is 1.69. The lowest BCUT2D eigenvalue weighted by molar-refractivity contribution is -0.127. The van der Waals surface area contributed by atoms with E-state index < -0.39 is 23.6 Å². The molecule has 0 unspecified atom stereocenters. The van der Waals surface area contributed by atoms with Crippen molar-refractivity contribution in [1.29, 1.82) is 0 Å². The Morgan fingerprint density at radius 2 is 2.07 bits per heavy atom. The molecule has 0 bridgehead atoms. The lowest BCUT2D eigenvalue weighted by atomic mass is 10.2. The molecular weight excluding hydrogens is 496 g/mol. The number of aromatic hydroxyl groups is 1. The van der Waals surface area contributed by atoms with Gasteiger partial charge in [0.15, 0.2) is 11.5 Å². The number of phenolic OH excluding ortho intramolecular Hbond substituents is 1. The van der Waals surface area contributed by atoms with Gasteiger partial charge in [0.05, 0.1) is 26.7 Å². The molecule has 0 radical (unpaired) electrons. The molecule has 156 valence electrons. The fraction of sp³-hybridized carbons (Fsp3) is 0.150. The molecule has 0 spiro atoms. The van der Waals surface area contributed by atoms with E-state index in [1.807, 2.05) is 0 Å². The van der Waals surface area contributed by atoms with Crippen molar-refractivity contribution >= 4 is 68.1 Å². The summed E-state index contributed by atoms with van der Waals surface area (Å²) in [5.41, 5.74) is 0.943. The number of carbonyl (C=O) groups excluding carboxylic acids is 3. The molecule has 0 atom stereocenters. The van der Waals surface area contributed by atoms with Crippen molar-refractivity contribution in [3.63, 3.8) is 0 Å². The Bertz CT molecular complexity index is 1060. The van der Waals surface area contributed by atoms with Crippen LogP contribution in [0.5, 0.6) is 11.5 Å². The largest absolute Gasteiger partial charge is 0.503 e. The van der Waals surface area contributed by atoms with Crippen LogP contribution >= 0.6 is 39.3 Å². The van der Waals surface area contributed by atoms with E-state index in [2.05, 4.69) is 21.2 Å². The number of rotatable bonds is 6. The van der Waals surface area contributed by atoms with Crippen LogP contribution in [0.1, 0.15) is 12.5 Å². The Kier molecular flexibility index (Phi) is 7.06. The second-order valence-corrected chi connectivity index (χ2v) is 8.33. The first-order chi connectivity index (χ1) is 14.3. The molecule has 7 nitrogen and oxygen atoms in total. The molecule has 2 aromatic rings. The van der Waals surface area contributed by atoms with Gasteiger partial charge < -0.3 is 15.2 Å². The van der Waals surface area contributed by atoms with E-state index in [9.17, 15) is 19.5 Å². The zero-order valence-electron chi connectivity index (χ0n) is 15.6. The fourth-order valence-corrected chi connectivity index (χ4v) is 4.11. The zero-order valence-corrected chi connectivity index (χ0v) is 18.8. The number of para-hydroxylation sites is 1. The molecule has 2 N–H and O–H groups in total. The highest BCUT2D eigenvalue weighted by Crippen LogP contribution is 2.38. The highest BCUT2D eigenvalue weighted by Gasteiger charge is 2.36. The Balaban J connectivity index is 1.76. The van der Waals surface area contributed by atoms with E-state index in [0.717, 1.165) is 16.7 Å². The lowest BCUT2D eigenvalue weighted by Gasteiger charge is -2.13. The standard InChI is InChI=1S/C20H16BrClN2O5S/c1-2-29-15-8-11(7-12(21)18(15)26)9-16-19(27)24(20(28)30-16)10-17(25)23-14-6-4-3-5-13(14)22/h3-9,26H,2,10H2,1H3,(H,23,25)/b16-9+. The number of halogens is 2. The average molecular weight is 512 g/mol. The van der Waals surface area contributed by atoms with E-state index in [1.54, 1.807) is 43.3 Å². The number of hydrogen-bond acceptors (Lipinski definition) is 6. The molecule has 2 aromatic carbocycles. The molecule has 10 heteroatoms. The molecule has 1 heterocycles. The number of carbonyl (C=O) groups is 3. The number of benzene rings is 2. The maximum absolute atomic E-state index is 12.7. The molecule has 1 aliphatic rings. The minimum absolute atomic E-state index is 0.0571. The van der Waals surface area contributed by atoms with Gasteiger partial charge in [0.25, 0.3) is 11.1 Å². The number of nitrogens with zero attached hydrogens (tertiary/aromatic N) is 1. The van der Waals surface area contributed by atoms with Crippen molar-refractivity contribution < 1.29 is 24.2 Å². The number of amides is 3. The molecular formula is C20H16BrClN2O5S. The predicted molar refractivity (Wildman–Crippen MR) is 120 cm³/mol. The smallest absolute Gasteiger partial charge is 0.294 e. The number of hydrogen-bond donors (Lipinski definition) is 2. The second kappa shape index (κ2) is 9.55. The van der Waals surface area contributed by atoms with E-state index in [0.29, 0.717) is 27.4 Å². The first-order valence-electron chi connectivity index (χ1n) is 8.75. The molecule has 3 amide bonds. The molecule has 1 aliphatic heterocycles. The van der Waals surface area contributed by atoms with Crippen LogP contribution in [0, 0.1) is 0 Å². The number of ether oxygens (including phenoxy) is 1. The predicted octanol–water partition coefficient (Wildman–Crippen LogP) is 4.88. The normalized spacial score (nSPS) is 15.0. The Morgan fingerprint density at radius 1 is 1.33 bits per heavy atom. The summed E-state index contributed by atoms with van der Waals surface area (Å²) >= 11 is 9.97. The van der Waals surface area contributed by atoms with Crippen LogP contribution in [-0.2, 0) is 9.59 Å². The monoisotopic (exact) mass is 510 g/mol. The van der Waals surface area contributed by atoms with E-state index >= 15 is 0 Å². The minimum Gasteiger partial charge on any atom is -0.503 e. The summed E-state index contributed by atoms with van der Waals surface area (Å²) < 4.78 is 5.76. The fourth-order valence-electron chi connectivity index (χ4n) is 2.63. The van der Waals surface area contributed by atoms with Gasteiger partial charge >= 0.3 is 0 Å². The van der Waals surface area contributed by atoms with Crippen LogP contribution in [0.4, 0.5) is 10.5 Å². The van der Waals surface area contributed by atoms with Gasteiger partial charge in [0.2, 0.25) is 5.91 Å². The SMILES string of the molecule is CCOc1cc(/C=C2/SC(=O)N(CC(=O)Nc3ccccc3Cl)C2=O)cc(Br)c1O. The average Bonchev–Trinajstić information content (AvgIpc) is 2.95. The summed E-state index contributed by atoms with van der Waals surface area (Å²) in [5, 5.41) is 12.4. The van der Waals surface area contributed by atoms with Gasteiger partial charge in [-0.1, -0.05) is 23.7 Å². The Morgan fingerprint density at radius 3 is 2.77 bits per heavy atom. The van der Waals surface area contributed by atoms with Crippen LogP contribution in [0.3, 0.4) is 0 Å². The molecule has 0 saturated carbocycles. The molecule has 1 saturated heterocycles. The first kappa shape index (κ1) is 22.2. The van der Waals surface area contributed by atoms with Crippen LogP contribution in [0.25, 0.3) is 6.08 Å². The van der Waals surface area contributed by atoms with Gasteiger partial charge in [0.1, 0.15) is 6.54 Å². The van der Waals surface area contributed by atoms with E-state index in [1.165, 1.54) is 6.08 Å². The quantitative estimate of drug-likeness (QED) is 0.537. The third kappa shape index (κ3) is 4.97. The van der Waals surface area contributed by atoms with Crippen molar-refractivity contribution in [3.05, 3.63) is 56.4 Å². The molecule has 30 heavy (non-hydrogen) atoms. The maximum atomic E-state index is 12.7. The highest BCUT2D eigenvalue weighted by atomic mass is 79.9. The number of phenols is 1. The lowest BCUT2D eigenvalue weighted by Crippen LogP contribution is -2.36. The summed E-state index contributed by atoms with van der Waals surface area (Å²) in [6, 6.07) is 9.81. The summed E-state index contributed by atoms with van der Waals surface area (Å²) in [5.74, 6) is -0.936. The number of anilines is 1. The van der Waals surface area contributed by atoms with Crippen LogP contribution in [0.2, 0.25) is 5.02 Å². The van der Waals surface area contributed by atoms with Crippen LogP contribution < -0.4 is 10.1 Å². The third-order valence-corrected chi connectivity index (χ3v) is 5.81. The van der Waals surface area contributed by atoms with Crippen LogP contribution in [-0.4, -0.2) is 40.2 Å². The van der Waals surface area contributed by atoms with Crippen molar-refractivity contribution in [2.75, 3.05) is 18.5 Å². The Labute approximate surface area is 190 Å². The maximum Gasteiger partial charge on any atom is 0.294 e. The van der Waals surface area contributed by atoms with Crippen LogP contribution in [0.15, 0.2) is 45.8 Å². The Hall–Kier alpha value is -2.49. The van der Waals surface area contributed by atoms with Crippen molar-refractivity contribution in [2.24, 2.45) is 0 Å². The van der Waals surface area contributed by atoms with Gasteiger partial charge in [-0.3, -0.25) is 19.3 Å². The first-order valence-corrected chi connectivity index (χ1v) is 10.7. The number of imide groups is 1. The molecule has 0 aromatic heterocycles. The highest BCUT2D eigenvalue weighted by molar-refractivity contribution is 9.10. The number of thioether (sulfide) groups is 1. The zero-order chi connectivity index (χ0) is 21.8. The van der Waals surface area contributed by atoms with E-state index in [4.69, 9.17) is 16.3 Å². The van der Waals surface area contributed by atoms with Gasteiger partial charge in [-0.25, -0.2) is 0 Å². The number of nitrogens with one attached hydrogen (secondary N) is 1. The molecule has 3 rings (SSSR count). The molecule has 1 fully saturated rings. The van der Waals surface area contributed by atoms with Gasteiger partial charge in [-0.15, -0.1) is 0 Å². The van der Waals surface area contributed by atoms with Crippen molar-refractivity contribution in [3.8, 4) is 11.5 Å². The van der Waals surface area contributed by atoms with Crippen molar-refractivity contribution in [2.45, 2.75) is 6.92 Å². The van der Waals surface area contributed by atoms with Gasteiger partial charge in [-0.05, 0) is 70.5 Å². The van der Waals surface area contributed by atoms with Gasteiger partial charge in [0, 0.05) is 0 Å². The summed E-state index contributed by atoms with van der Waals surface area (Å²) in [4.78, 5) is 38.2. The third-order valence-electron chi connectivity index (χ3n) is 3.97. The summed E-state index contributed by atoms with van der Waals surface area (Å²) in [6.07, 6.45) is 1.50. The molecule has 0 aliphatic carbocycles. The minimum atomic E-state index is -0.582. The van der Waals surface area contributed by atoms with Gasteiger partial charge in [-0.2, -0.15) is 0 Å². The summed E-state index contributed by atoms with van der Waals surface area (Å²) in [7, 11) is 0. The van der Waals surface area contributed by atoms with E-state index in [-0.39, 0.29) is 16.4 Å².